The van der Waals surface area contributed by atoms with E-state index in [2.05, 4.69) is 25.9 Å². The fourth-order valence-electron chi connectivity index (χ4n) is 1.29. The molecular formula is C9H6BrClN2O. The zero-order valence-corrected chi connectivity index (χ0v) is 9.61. The van der Waals surface area contributed by atoms with Crippen LogP contribution in [0.1, 0.15) is 5.56 Å². The van der Waals surface area contributed by atoms with E-state index in [4.69, 9.17) is 11.6 Å². The summed E-state index contributed by atoms with van der Waals surface area (Å²) in [6.07, 6.45) is 0. The average molecular weight is 274 g/mol. The van der Waals surface area contributed by atoms with Crippen LogP contribution < -0.4 is 5.56 Å². The van der Waals surface area contributed by atoms with Crippen molar-refractivity contribution < 1.29 is 0 Å². The first-order valence-corrected chi connectivity index (χ1v) is 5.11. The fourth-order valence-corrected chi connectivity index (χ4v) is 1.78. The van der Waals surface area contributed by atoms with E-state index in [0.29, 0.717) is 10.9 Å². The van der Waals surface area contributed by atoms with Crippen LogP contribution >= 0.6 is 27.5 Å². The number of fused-ring (bicyclic) bond motifs is 1. The molecule has 0 aliphatic carbocycles. The van der Waals surface area contributed by atoms with E-state index in [1.165, 1.54) is 0 Å². The van der Waals surface area contributed by atoms with Gasteiger partial charge < -0.3 is 0 Å². The van der Waals surface area contributed by atoms with Crippen molar-refractivity contribution in [2.75, 3.05) is 0 Å². The van der Waals surface area contributed by atoms with E-state index in [9.17, 15) is 4.79 Å². The number of aromatic amines is 1. The molecule has 0 unspecified atom stereocenters. The molecule has 1 N–H and O–H groups in total. The Hall–Kier alpha value is -0.870. The predicted octanol–water partition coefficient (Wildman–Crippen LogP) is 2.65. The predicted molar refractivity (Wildman–Crippen MR) is 59.8 cm³/mol. The lowest BCUT2D eigenvalue weighted by atomic mass is 10.1. The molecule has 72 valence electrons. The minimum atomic E-state index is -0.212. The molecule has 1 aromatic carbocycles. The summed E-state index contributed by atoms with van der Waals surface area (Å²) in [5.41, 5.74) is 1.33. The smallest absolute Gasteiger partial charge is 0.259 e. The summed E-state index contributed by atoms with van der Waals surface area (Å²) in [6.45, 7) is 1.88. The highest BCUT2D eigenvalue weighted by atomic mass is 79.9. The van der Waals surface area contributed by atoms with Crippen LogP contribution in [0.3, 0.4) is 0 Å². The number of hydrogen-bond donors (Lipinski definition) is 1. The highest BCUT2D eigenvalue weighted by molar-refractivity contribution is 9.10. The first-order valence-electron chi connectivity index (χ1n) is 3.94. The molecule has 2 aromatic rings. The van der Waals surface area contributed by atoms with Crippen LogP contribution in [0.2, 0.25) is 5.28 Å². The summed E-state index contributed by atoms with van der Waals surface area (Å²) in [5, 5.41) is 0.666. The molecule has 0 aliphatic heterocycles. The topological polar surface area (TPSA) is 45.8 Å². The Labute approximate surface area is 93.2 Å². The second-order valence-electron chi connectivity index (χ2n) is 2.93. The van der Waals surface area contributed by atoms with Gasteiger partial charge in [-0.1, -0.05) is 15.9 Å². The van der Waals surface area contributed by atoms with Crippen molar-refractivity contribution in [1.82, 2.24) is 9.97 Å². The van der Waals surface area contributed by atoms with Crippen LogP contribution in [0.25, 0.3) is 10.9 Å². The normalized spacial score (nSPS) is 10.8. The Balaban J connectivity index is 3.03. The third-order valence-electron chi connectivity index (χ3n) is 2.04. The van der Waals surface area contributed by atoms with Crippen LogP contribution in [0.5, 0.6) is 0 Å². The molecule has 0 spiro atoms. The molecule has 14 heavy (non-hydrogen) atoms. The number of aryl methyl sites for hydroxylation is 1. The van der Waals surface area contributed by atoms with Crippen molar-refractivity contribution in [3.8, 4) is 0 Å². The molecule has 2 rings (SSSR count). The maximum absolute atomic E-state index is 11.5. The number of nitrogens with zero attached hydrogens (tertiary/aromatic N) is 1. The van der Waals surface area contributed by atoms with Crippen LogP contribution in [0, 0.1) is 6.92 Å². The minimum absolute atomic E-state index is 0.115. The largest absolute Gasteiger partial charge is 0.297 e. The van der Waals surface area contributed by atoms with Gasteiger partial charge in [0.05, 0.1) is 10.9 Å². The van der Waals surface area contributed by atoms with E-state index < -0.39 is 0 Å². The van der Waals surface area contributed by atoms with Gasteiger partial charge in [-0.05, 0) is 36.2 Å². The third kappa shape index (κ3) is 1.44. The molecule has 0 atom stereocenters. The highest BCUT2D eigenvalue weighted by Gasteiger charge is 2.06. The second kappa shape index (κ2) is 3.37. The van der Waals surface area contributed by atoms with Crippen molar-refractivity contribution in [2.24, 2.45) is 0 Å². The van der Waals surface area contributed by atoms with E-state index >= 15 is 0 Å². The summed E-state index contributed by atoms with van der Waals surface area (Å²) in [6, 6.07) is 3.54. The molecule has 0 fully saturated rings. The number of aromatic nitrogens is 2. The van der Waals surface area contributed by atoms with Crippen LogP contribution in [0.4, 0.5) is 0 Å². The van der Waals surface area contributed by atoms with Crippen molar-refractivity contribution >= 4 is 38.4 Å². The van der Waals surface area contributed by atoms with E-state index in [0.717, 1.165) is 10.0 Å². The summed E-state index contributed by atoms with van der Waals surface area (Å²) in [5.74, 6) is 0. The van der Waals surface area contributed by atoms with Gasteiger partial charge in [-0.15, -0.1) is 0 Å². The van der Waals surface area contributed by atoms with Gasteiger partial charge in [0, 0.05) is 4.47 Å². The summed E-state index contributed by atoms with van der Waals surface area (Å²) in [7, 11) is 0. The summed E-state index contributed by atoms with van der Waals surface area (Å²) < 4.78 is 0.916. The lowest BCUT2D eigenvalue weighted by Gasteiger charge is -2.02. The number of H-pyrrole nitrogens is 1. The van der Waals surface area contributed by atoms with Gasteiger partial charge in [-0.3, -0.25) is 9.78 Å². The van der Waals surface area contributed by atoms with Crippen LogP contribution in [-0.4, -0.2) is 9.97 Å². The summed E-state index contributed by atoms with van der Waals surface area (Å²) >= 11 is 9.04. The van der Waals surface area contributed by atoms with Crippen LogP contribution in [0.15, 0.2) is 21.4 Å². The standard InChI is InChI=1S/C9H6BrClN2O/c1-4-6(10)3-2-5-7(4)12-9(11)13-8(5)14/h2-3H,1H3,(H,12,13,14). The van der Waals surface area contributed by atoms with Gasteiger partial charge in [-0.2, -0.15) is 0 Å². The van der Waals surface area contributed by atoms with Crippen molar-refractivity contribution in [1.29, 1.82) is 0 Å². The van der Waals surface area contributed by atoms with Gasteiger partial charge in [0.1, 0.15) is 0 Å². The lowest BCUT2D eigenvalue weighted by molar-refractivity contribution is 1.16. The minimum Gasteiger partial charge on any atom is -0.297 e. The maximum Gasteiger partial charge on any atom is 0.259 e. The molecule has 0 aliphatic rings. The average Bonchev–Trinajstić information content (AvgIpc) is 2.12. The van der Waals surface area contributed by atoms with Crippen molar-refractivity contribution in [2.45, 2.75) is 6.92 Å². The fraction of sp³-hybridized carbons (Fsp3) is 0.111. The number of nitrogens with one attached hydrogen (secondary N) is 1. The molecule has 0 saturated heterocycles. The quantitative estimate of drug-likeness (QED) is 0.750. The molecule has 5 heteroatoms. The first-order chi connectivity index (χ1) is 6.59. The molecular weight excluding hydrogens is 267 g/mol. The van der Waals surface area contributed by atoms with E-state index in [1.54, 1.807) is 6.07 Å². The number of hydrogen-bond acceptors (Lipinski definition) is 2. The third-order valence-corrected chi connectivity index (χ3v) is 3.07. The Kier molecular flexibility index (Phi) is 2.33. The molecule has 0 bridgehead atoms. The van der Waals surface area contributed by atoms with E-state index in [-0.39, 0.29) is 10.8 Å². The molecule has 1 heterocycles. The van der Waals surface area contributed by atoms with Crippen molar-refractivity contribution in [3.63, 3.8) is 0 Å². The van der Waals surface area contributed by atoms with Gasteiger partial charge in [0.2, 0.25) is 5.28 Å². The van der Waals surface area contributed by atoms with E-state index in [1.807, 2.05) is 13.0 Å². The Morgan fingerprint density at radius 3 is 2.93 bits per heavy atom. The summed E-state index contributed by atoms with van der Waals surface area (Å²) in [4.78, 5) is 18.0. The van der Waals surface area contributed by atoms with Gasteiger partial charge >= 0.3 is 0 Å². The SMILES string of the molecule is Cc1c(Br)ccc2c(=O)[nH]c(Cl)nc12. The Bertz CT molecular complexity index is 564. The monoisotopic (exact) mass is 272 g/mol. The van der Waals surface area contributed by atoms with Gasteiger partial charge in [0.25, 0.3) is 5.56 Å². The highest BCUT2D eigenvalue weighted by Crippen LogP contribution is 2.22. The molecule has 0 radical (unpaired) electrons. The number of halogens is 2. The number of benzene rings is 1. The maximum atomic E-state index is 11.5. The van der Waals surface area contributed by atoms with Crippen LogP contribution in [-0.2, 0) is 0 Å². The Morgan fingerprint density at radius 2 is 2.21 bits per heavy atom. The lowest BCUT2D eigenvalue weighted by Crippen LogP contribution is -2.08. The zero-order valence-electron chi connectivity index (χ0n) is 7.27. The molecule has 1 aromatic heterocycles. The second-order valence-corrected chi connectivity index (χ2v) is 4.14. The number of rotatable bonds is 0. The van der Waals surface area contributed by atoms with Gasteiger partial charge in [0.15, 0.2) is 0 Å². The molecule has 3 nitrogen and oxygen atoms in total. The Morgan fingerprint density at radius 1 is 1.50 bits per heavy atom. The van der Waals surface area contributed by atoms with Crippen molar-refractivity contribution in [3.05, 3.63) is 37.8 Å². The molecule has 0 saturated carbocycles. The zero-order chi connectivity index (χ0) is 10.3. The van der Waals surface area contributed by atoms with Gasteiger partial charge in [-0.25, -0.2) is 4.98 Å². The molecule has 0 amide bonds. The first kappa shape index (κ1) is 9.68.